The van der Waals surface area contributed by atoms with Gasteiger partial charge in [-0.25, -0.2) is 0 Å². The van der Waals surface area contributed by atoms with Gasteiger partial charge in [0.1, 0.15) is 0 Å². The lowest BCUT2D eigenvalue weighted by Gasteiger charge is -2.36. The molecule has 0 aliphatic carbocycles. The number of hydrogen-bond acceptors (Lipinski definition) is 4. The van der Waals surface area contributed by atoms with Crippen molar-refractivity contribution in [2.75, 3.05) is 44.7 Å². The van der Waals surface area contributed by atoms with E-state index in [9.17, 15) is 4.79 Å². The SMILES string of the molecule is CNC(=O)c1cc2c(N3CCN(CCc4ccccc4)CC3)cccc2s1.Cl. The van der Waals surface area contributed by atoms with Gasteiger partial charge in [-0.05, 0) is 30.2 Å². The number of fused-ring (bicyclic) bond motifs is 1. The van der Waals surface area contributed by atoms with Crippen LogP contribution in [-0.4, -0.2) is 50.6 Å². The van der Waals surface area contributed by atoms with Gasteiger partial charge in [0.15, 0.2) is 0 Å². The molecule has 1 fully saturated rings. The Morgan fingerprint density at radius 1 is 1.04 bits per heavy atom. The zero-order valence-corrected chi connectivity index (χ0v) is 17.7. The predicted molar refractivity (Wildman–Crippen MR) is 121 cm³/mol. The molecule has 2 heterocycles. The van der Waals surface area contributed by atoms with E-state index in [1.807, 2.05) is 6.07 Å². The van der Waals surface area contributed by atoms with Crippen LogP contribution in [0, 0.1) is 0 Å². The van der Waals surface area contributed by atoms with E-state index in [0.717, 1.165) is 44.0 Å². The minimum Gasteiger partial charge on any atom is -0.368 e. The van der Waals surface area contributed by atoms with Gasteiger partial charge < -0.3 is 10.2 Å². The number of carbonyl (C=O) groups excluding carboxylic acids is 1. The van der Waals surface area contributed by atoms with Crippen molar-refractivity contribution in [3.63, 3.8) is 0 Å². The molecule has 0 saturated carbocycles. The minimum atomic E-state index is -0.00659. The van der Waals surface area contributed by atoms with Crippen molar-refractivity contribution in [1.82, 2.24) is 10.2 Å². The fourth-order valence-corrected chi connectivity index (χ4v) is 4.73. The number of nitrogens with one attached hydrogen (secondary N) is 1. The highest BCUT2D eigenvalue weighted by atomic mass is 35.5. The molecule has 4 nitrogen and oxygen atoms in total. The van der Waals surface area contributed by atoms with Crippen LogP contribution in [0.15, 0.2) is 54.6 Å². The Morgan fingerprint density at radius 2 is 1.79 bits per heavy atom. The smallest absolute Gasteiger partial charge is 0.261 e. The normalized spacial score (nSPS) is 14.7. The quantitative estimate of drug-likeness (QED) is 0.682. The lowest BCUT2D eigenvalue weighted by molar-refractivity contribution is 0.0967. The highest BCUT2D eigenvalue weighted by molar-refractivity contribution is 7.20. The summed E-state index contributed by atoms with van der Waals surface area (Å²) in [5.74, 6) is -0.00659. The summed E-state index contributed by atoms with van der Waals surface area (Å²) in [6.07, 6.45) is 1.11. The first kappa shape index (κ1) is 20.6. The second-order valence-corrected chi connectivity index (χ2v) is 8.03. The molecule has 0 atom stereocenters. The number of rotatable bonds is 5. The fourth-order valence-electron chi connectivity index (χ4n) is 3.70. The van der Waals surface area contributed by atoms with Gasteiger partial charge in [-0.2, -0.15) is 0 Å². The summed E-state index contributed by atoms with van der Waals surface area (Å²) in [6, 6.07) is 19.1. The first-order valence-electron chi connectivity index (χ1n) is 9.50. The molecule has 1 amide bonds. The number of hydrogen-bond donors (Lipinski definition) is 1. The summed E-state index contributed by atoms with van der Waals surface area (Å²) in [5.41, 5.74) is 2.66. The second kappa shape index (κ2) is 9.41. The molecule has 1 aromatic heterocycles. The van der Waals surface area contributed by atoms with Gasteiger partial charge in [0, 0.05) is 55.5 Å². The topological polar surface area (TPSA) is 35.6 Å². The Kier molecular flexibility index (Phi) is 6.94. The van der Waals surface area contributed by atoms with Gasteiger partial charge in [-0.15, -0.1) is 23.7 Å². The molecule has 1 N–H and O–H groups in total. The van der Waals surface area contributed by atoms with E-state index in [-0.39, 0.29) is 18.3 Å². The third-order valence-electron chi connectivity index (χ3n) is 5.26. The molecule has 3 aromatic rings. The summed E-state index contributed by atoms with van der Waals surface area (Å²) in [4.78, 5) is 17.8. The Bertz CT molecular complexity index is 920. The van der Waals surface area contributed by atoms with E-state index in [2.05, 4.69) is 63.6 Å². The van der Waals surface area contributed by atoms with Crippen molar-refractivity contribution in [2.45, 2.75) is 6.42 Å². The number of anilines is 1. The number of nitrogens with zero attached hydrogens (tertiary/aromatic N) is 2. The molecule has 0 unspecified atom stereocenters. The Labute approximate surface area is 176 Å². The van der Waals surface area contributed by atoms with Crippen molar-refractivity contribution < 1.29 is 4.79 Å². The van der Waals surface area contributed by atoms with E-state index in [1.165, 1.54) is 21.3 Å². The van der Waals surface area contributed by atoms with Crippen molar-refractivity contribution >= 4 is 45.4 Å². The molecule has 28 heavy (non-hydrogen) atoms. The molecule has 1 aliphatic heterocycles. The van der Waals surface area contributed by atoms with Crippen LogP contribution >= 0.6 is 23.7 Å². The zero-order valence-electron chi connectivity index (χ0n) is 16.1. The summed E-state index contributed by atoms with van der Waals surface area (Å²) in [7, 11) is 1.68. The molecule has 1 aliphatic rings. The van der Waals surface area contributed by atoms with Gasteiger partial charge in [0.05, 0.1) is 4.88 Å². The monoisotopic (exact) mass is 415 g/mol. The lowest BCUT2D eigenvalue weighted by Crippen LogP contribution is -2.47. The molecule has 0 spiro atoms. The third-order valence-corrected chi connectivity index (χ3v) is 6.36. The van der Waals surface area contributed by atoms with Gasteiger partial charge >= 0.3 is 0 Å². The number of halogens is 1. The summed E-state index contributed by atoms with van der Waals surface area (Å²) in [6.45, 7) is 5.32. The summed E-state index contributed by atoms with van der Waals surface area (Å²) in [5, 5.41) is 3.92. The standard InChI is InChI=1S/C22H25N3OS.ClH/c1-23-22(26)21-16-18-19(8-5-9-20(18)27-21)25-14-12-24(13-15-25)11-10-17-6-3-2-4-7-17;/h2-9,16H,10-15H2,1H3,(H,23,26);1H. The zero-order chi connectivity index (χ0) is 18.6. The average molecular weight is 416 g/mol. The third kappa shape index (κ3) is 4.49. The molecule has 2 aromatic carbocycles. The highest BCUT2D eigenvalue weighted by Crippen LogP contribution is 2.33. The van der Waals surface area contributed by atoms with Gasteiger partial charge in [0.2, 0.25) is 0 Å². The lowest BCUT2D eigenvalue weighted by atomic mass is 10.1. The average Bonchev–Trinajstić information content (AvgIpc) is 3.17. The molecule has 148 valence electrons. The van der Waals surface area contributed by atoms with Crippen LogP contribution in [0.1, 0.15) is 15.2 Å². The van der Waals surface area contributed by atoms with Crippen LogP contribution in [0.25, 0.3) is 10.1 Å². The largest absolute Gasteiger partial charge is 0.368 e. The van der Waals surface area contributed by atoms with Gasteiger partial charge in [-0.3, -0.25) is 9.69 Å². The molecular formula is C22H26ClN3OS. The van der Waals surface area contributed by atoms with Crippen LogP contribution in [0.4, 0.5) is 5.69 Å². The van der Waals surface area contributed by atoms with Crippen molar-refractivity contribution in [3.8, 4) is 0 Å². The number of carbonyl (C=O) groups is 1. The number of piperazine rings is 1. The number of thiophene rings is 1. The molecule has 0 radical (unpaired) electrons. The fraction of sp³-hybridized carbons (Fsp3) is 0.318. The van der Waals surface area contributed by atoms with E-state index in [4.69, 9.17) is 0 Å². The van der Waals surface area contributed by atoms with Crippen LogP contribution in [0.2, 0.25) is 0 Å². The van der Waals surface area contributed by atoms with Crippen molar-refractivity contribution in [2.24, 2.45) is 0 Å². The van der Waals surface area contributed by atoms with Crippen LogP contribution in [0.5, 0.6) is 0 Å². The molecule has 6 heteroatoms. The van der Waals surface area contributed by atoms with Gasteiger partial charge in [0.25, 0.3) is 5.91 Å². The van der Waals surface area contributed by atoms with Crippen LogP contribution in [-0.2, 0) is 6.42 Å². The molecule has 4 rings (SSSR count). The van der Waals surface area contributed by atoms with Crippen LogP contribution < -0.4 is 10.2 Å². The molecular weight excluding hydrogens is 390 g/mol. The van der Waals surface area contributed by atoms with E-state index in [1.54, 1.807) is 18.4 Å². The molecule has 1 saturated heterocycles. The molecule has 0 bridgehead atoms. The Hall–Kier alpha value is -2.08. The van der Waals surface area contributed by atoms with E-state index in [0.29, 0.717) is 0 Å². The maximum absolute atomic E-state index is 12.0. The maximum Gasteiger partial charge on any atom is 0.261 e. The highest BCUT2D eigenvalue weighted by Gasteiger charge is 2.20. The summed E-state index contributed by atoms with van der Waals surface area (Å²) >= 11 is 1.57. The maximum atomic E-state index is 12.0. The summed E-state index contributed by atoms with van der Waals surface area (Å²) < 4.78 is 1.18. The van der Waals surface area contributed by atoms with Crippen molar-refractivity contribution in [1.29, 1.82) is 0 Å². The first-order valence-corrected chi connectivity index (χ1v) is 10.3. The number of benzene rings is 2. The van der Waals surface area contributed by atoms with Crippen molar-refractivity contribution in [3.05, 3.63) is 65.0 Å². The van der Waals surface area contributed by atoms with Crippen LogP contribution in [0.3, 0.4) is 0 Å². The Morgan fingerprint density at radius 3 is 2.50 bits per heavy atom. The number of amides is 1. The minimum absolute atomic E-state index is 0. The van der Waals surface area contributed by atoms with E-state index < -0.39 is 0 Å². The van der Waals surface area contributed by atoms with E-state index >= 15 is 0 Å². The van der Waals surface area contributed by atoms with Gasteiger partial charge in [-0.1, -0.05) is 36.4 Å². The predicted octanol–water partition coefficient (Wildman–Crippen LogP) is 4.05. The first-order chi connectivity index (χ1) is 13.2. The second-order valence-electron chi connectivity index (χ2n) is 6.94. The Balaban J connectivity index is 0.00000225.